The average molecular weight is 455 g/mol. The van der Waals surface area contributed by atoms with E-state index in [9.17, 15) is 26.4 Å². The molecular formula is C20H14ClF3N2O3S. The van der Waals surface area contributed by atoms with E-state index in [1.807, 2.05) is 36.4 Å². The SMILES string of the molecule is O=C(/C=C/c1ccc2ccccc2c1)Nc1cc(Cl)ccc1NS(=O)(=O)C(F)(F)F. The van der Waals surface area contributed by atoms with Crippen LogP contribution in [0.5, 0.6) is 0 Å². The molecule has 0 saturated carbocycles. The standard InChI is InChI=1S/C20H14ClF3N2O3S/c21-16-8-9-17(26-30(28,29)20(22,23)24)18(12-16)25-19(27)10-6-13-5-7-14-3-1-2-4-15(14)11-13/h1-12,26H,(H,25,27)/b10-6+. The molecule has 0 heterocycles. The van der Waals surface area contributed by atoms with Gasteiger partial charge in [0.2, 0.25) is 5.91 Å². The summed E-state index contributed by atoms with van der Waals surface area (Å²) in [5.41, 5.74) is -5.47. The quantitative estimate of drug-likeness (QED) is 0.506. The van der Waals surface area contributed by atoms with E-state index in [1.165, 1.54) is 22.9 Å². The molecule has 3 aromatic rings. The Balaban J connectivity index is 1.80. The summed E-state index contributed by atoms with van der Waals surface area (Å²) in [4.78, 5) is 12.2. The molecule has 0 spiro atoms. The van der Waals surface area contributed by atoms with Crippen LogP contribution < -0.4 is 10.0 Å². The Labute approximate surface area is 175 Å². The van der Waals surface area contributed by atoms with Crippen LogP contribution >= 0.6 is 11.6 Å². The zero-order chi connectivity index (χ0) is 21.9. The molecule has 0 saturated heterocycles. The fourth-order valence-corrected chi connectivity index (χ4v) is 3.32. The van der Waals surface area contributed by atoms with Crippen molar-refractivity contribution in [3.63, 3.8) is 0 Å². The first kappa shape index (κ1) is 21.7. The van der Waals surface area contributed by atoms with E-state index >= 15 is 0 Å². The number of fused-ring (bicyclic) bond motifs is 1. The molecule has 0 radical (unpaired) electrons. The van der Waals surface area contributed by atoms with Gasteiger partial charge in [0.1, 0.15) is 0 Å². The van der Waals surface area contributed by atoms with Gasteiger partial charge in [-0.3, -0.25) is 9.52 Å². The van der Waals surface area contributed by atoms with Gasteiger partial charge < -0.3 is 5.32 Å². The van der Waals surface area contributed by atoms with E-state index in [1.54, 1.807) is 6.07 Å². The minimum absolute atomic E-state index is 0.0961. The molecule has 0 aliphatic rings. The Kier molecular flexibility index (Phi) is 6.04. The highest BCUT2D eigenvalue weighted by Crippen LogP contribution is 2.31. The summed E-state index contributed by atoms with van der Waals surface area (Å²) < 4.78 is 62.0. The predicted molar refractivity (Wildman–Crippen MR) is 112 cm³/mol. The average Bonchev–Trinajstić information content (AvgIpc) is 2.67. The lowest BCUT2D eigenvalue weighted by Crippen LogP contribution is -2.30. The van der Waals surface area contributed by atoms with Gasteiger partial charge in [-0.1, -0.05) is 48.0 Å². The molecule has 5 nitrogen and oxygen atoms in total. The molecule has 3 rings (SSSR count). The van der Waals surface area contributed by atoms with Gasteiger partial charge in [0.15, 0.2) is 0 Å². The molecule has 0 aromatic heterocycles. The molecule has 0 aliphatic heterocycles. The fourth-order valence-electron chi connectivity index (χ4n) is 2.57. The maximum absolute atomic E-state index is 12.6. The molecule has 0 fully saturated rings. The number of nitrogens with one attached hydrogen (secondary N) is 2. The van der Waals surface area contributed by atoms with Gasteiger partial charge in [0.25, 0.3) is 0 Å². The lowest BCUT2D eigenvalue weighted by molar-refractivity contribution is -0.111. The summed E-state index contributed by atoms with van der Waals surface area (Å²) in [5, 5.41) is 4.42. The van der Waals surface area contributed by atoms with Gasteiger partial charge in [-0.25, -0.2) is 0 Å². The van der Waals surface area contributed by atoms with Gasteiger partial charge in [-0.2, -0.15) is 21.6 Å². The summed E-state index contributed by atoms with van der Waals surface area (Å²) in [7, 11) is -5.66. The first-order valence-corrected chi connectivity index (χ1v) is 10.3. The number of carbonyl (C=O) groups excluding carboxylic acids is 1. The van der Waals surface area contributed by atoms with Gasteiger partial charge in [-0.15, -0.1) is 0 Å². The number of carbonyl (C=O) groups is 1. The first-order chi connectivity index (χ1) is 14.0. The first-order valence-electron chi connectivity index (χ1n) is 8.42. The zero-order valence-electron chi connectivity index (χ0n) is 15.1. The Morgan fingerprint density at radius 1 is 0.933 bits per heavy atom. The van der Waals surface area contributed by atoms with Gasteiger partial charge >= 0.3 is 15.5 Å². The number of alkyl halides is 3. The number of anilines is 2. The lowest BCUT2D eigenvalue weighted by atomic mass is 10.1. The second-order valence-electron chi connectivity index (χ2n) is 6.17. The van der Waals surface area contributed by atoms with Crippen LogP contribution in [0.15, 0.2) is 66.7 Å². The minimum atomic E-state index is -5.66. The molecule has 156 valence electrons. The highest BCUT2D eigenvalue weighted by Gasteiger charge is 2.46. The molecular weight excluding hydrogens is 441 g/mol. The van der Waals surface area contributed by atoms with Crippen molar-refractivity contribution in [3.8, 4) is 0 Å². The summed E-state index contributed by atoms with van der Waals surface area (Å²) >= 11 is 5.82. The zero-order valence-corrected chi connectivity index (χ0v) is 16.6. The summed E-state index contributed by atoms with van der Waals surface area (Å²) in [6.45, 7) is 0. The summed E-state index contributed by atoms with van der Waals surface area (Å²) in [6.07, 6.45) is 2.69. The van der Waals surface area contributed by atoms with Crippen molar-refractivity contribution in [2.24, 2.45) is 0 Å². The second kappa shape index (κ2) is 8.37. The lowest BCUT2D eigenvalue weighted by Gasteiger charge is -2.14. The smallest absolute Gasteiger partial charge is 0.321 e. The van der Waals surface area contributed by atoms with Gasteiger partial charge in [-0.05, 0) is 46.7 Å². The van der Waals surface area contributed by atoms with Crippen LogP contribution in [-0.4, -0.2) is 19.8 Å². The minimum Gasteiger partial charge on any atom is -0.321 e. The van der Waals surface area contributed by atoms with Gasteiger partial charge in [0.05, 0.1) is 11.4 Å². The molecule has 10 heteroatoms. The number of sulfonamides is 1. The van der Waals surface area contributed by atoms with Crippen LogP contribution in [0.25, 0.3) is 16.8 Å². The monoisotopic (exact) mass is 454 g/mol. The van der Waals surface area contributed by atoms with E-state index in [0.717, 1.165) is 28.5 Å². The number of benzene rings is 3. The Morgan fingerprint density at radius 3 is 2.33 bits per heavy atom. The molecule has 0 atom stereocenters. The largest absolute Gasteiger partial charge is 0.516 e. The Morgan fingerprint density at radius 2 is 1.63 bits per heavy atom. The van der Waals surface area contributed by atoms with Crippen LogP contribution in [-0.2, 0) is 14.8 Å². The molecule has 2 N–H and O–H groups in total. The molecule has 1 amide bonds. The highest BCUT2D eigenvalue weighted by atomic mass is 35.5. The van der Waals surface area contributed by atoms with Crippen LogP contribution in [0.4, 0.5) is 24.5 Å². The number of halogens is 4. The van der Waals surface area contributed by atoms with Crippen molar-refractivity contribution < 1.29 is 26.4 Å². The normalized spacial score (nSPS) is 12.3. The van der Waals surface area contributed by atoms with Crippen molar-refractivity contribution >= 4 is 55.8 Å². The number of rotatable bonds is 5. The van der Waals surface area contributed by atoms with E-state index < -0.39 is 27.1 Å². The summed E-state index contributed by atoms with van der Waals surface area (Å²) in [5.74, 6) is -0.683. The third-order valence-corrected chi connectivity index (χ3v) is 5.32. The van der Waals surface area contributed by atoms with Crippen LogP contribution in [0.1, 0.15) is 5.56 Å². The topological polar surface area (TPSA) is 75.3 Å². The van der Waals surface area contributed by atoms with E-state index in [-0.39, 0.29) is 10.7 Å². The van der Waals surface area contributed by atoms with E-state index in [4.69, 9.17) is 11.6 Å². The number of amides is 1. The van der Waals surface area contributed by atoms with Crippen LogP contribution in [0, 0.1) is 0 Å². The molecule has 0 aliphatic carbocycles. The van der Waals surface area contributed by atoms with Crippen molar-refractivity contribution in [1.82, 2.24) is 0 Å². The van der Waals surface area contributed by atoms with Crippen LogP contribution in [0.2, 0.25) is 5.02 Å². The van der Waals surface area contributed by atoms with Crippen LogP contribution in [0.3, 0.4) is 0 Å². The van der Waals surface area contributed by atoms with Crippen molar-refractivity contribution in [2.45, 2.75) is 5.51 Å². The molecule has 30 heavy (non-hydrogen) atoms. The Bertz CT molecular complexity index is 1240. The number of hydrogen-bond acceptors (Lipinski definition) is 3. The maximum Gasteiger partial charge on any atom is 0.516 e. The predicted octanol–water partition coefficient (Wildman–Crippen LogP) is 5.41. The van der Waals surface area contributed by atoms with Crippen molar-refractivity contribution in [3.05, 3.63) is 77.3 Å². The number of hydrogen-bond donors (Lipinski definition) is 2. The van der Waals surface area contributed by atoms with Crippen molar-refractivity contribution in [1.29, 1.82) is 0 Å². The fraction of sp³-hybridized carbons (Fsp3) is 0.0500. The summed E-state index contributed by atoms with van der Waals surface area (Å²) in [6, 6.07) is 16.5. The third-order valence-electron chi connectivity index (χ3n) is 3.99. The Hall–Kier alpha value is -3.04. The molecule has 0 bridgehead atoms. The van der Waals surface area contributed by atoms with Crippen molar-refractivity contribution in [2.75, 3.05) is 10.0 Å². The highest BCUT2D eigenvalue weighted by molar-refractivity contribution is 7.93. The van der Waals surface area contributed by atoms with E-state index in [0.29, 0.717) is 0 Å². The second-order valence-corrected chi connectivity index (χ2v) is 8.28. The van der Waals surface area contributed by atoms with Gasteiger partial charge in [0, 0.05) is 11.1 Å². The van der Waals surface area contributed by atoms with E-state index in [2.05, 4.69) is 5.32 Å². The maximum atomic E-state index is 12.6. The molecule has 3 aromatic carbocycles. The third kappa shape index (κ3) is 5.11. The molecule has 0 unspecified atom stereocenters.